The van der Waals surface area contributed by atoms with Gasteiger partial charge in [-0.2, -0.15) is 5.10 Å². The average molecular weight is 378 g/mol. The molecule has 2 N–H and O–H groups in total. The van der Waals surface area contributed by atoms with Crippen LogP contribution in [0.4, 0.5) is 22.9 Å². The van der Waals surface area contributed by atoms with Gasteiger partial charge < -0.3 is 20.1 Å². The number of carbonyl (C=O) groups is 1. The second-order valence-corrected chi connectivity index (χ2v) is 6.85. The Bertz CT molecular complexity index is 957. The fourth-order valence-electron chi connectivity index (χ4n) is 3.35. The highest BCUT2D eigenvalue weighted by atomic mass is 16.5. The lowest BCUT2D eigenvalue weighted by Crippen LogP contribution is -2.18. The number of hydrogen-bond acceptors (Lipinski definition) is 7. The number of nitrogens with one attached hydrogen (secondary N) is 2. The molecule has 0 spiro atoms. The second-order valence-electron chi connectivity index (χ2n) is 6.85. The number of carbonyl (C=O) groups excluding carboxylic acids is 1. The van der Waals surface area contributed by atoms with Crippen molar-refractivity contribution < 1.29 is 9.32 Å². The molecule has 0 radical (unpaired) electrons. The fraction of sp³-hybridized carbons (Fsp3) is 0.300. The van der Waals surface area contributed by atoms with E-state index in [4.69, 9.17) is 4.52 Å². The zero-order chi connectivity index (χ0) is 19.5. The van der Waals surface area contributed by atoms with E-state index in [-0.39, 0.29) is 5.91 Å². The number of nitrogens with zero attached hydrogens (tertiary/aromatic N) is 4. The molecule has 1 amide bonds. The maximum Gasteiger partial charge on any atom is 0.261 e. The monoisotopic (exact) mass is 378 g/mol. The number of anilines is 4. The summed E-state index contributed by atoms with van der Waals surface area (Å²) < 4.78 is 5.05. The van der Waals surface area contributed by atoms with Gasteiger partial charge in [0.25, 0.3) is 5.91 Å². The minimum absolute atomic E-state index is 0.235. The van der Waals surface area contributed by atoms with Gasteiger partial charge in [-0.15, -0.1) is 5.10 Å². The van der Waals surface area contributed by atoms with Crippen molar-refractivity contribution in [3.63, 3.8) is 0 Å². The number of aromatic nitrogens is 3. The Morgan fingerprint density at radius 3 is 2.50 bits per heavy atom. The Morgan fingerprint density at radius 1 is 1.11 bits per heavy atom. The summed E-state index contributed by atoms with van der Waals surface area (Å²) in [5.74, 6) is 0.961. The van der Waals surface area contributed by atoms with Crippen molar-refractivity contribution in [2.24, 2.45) is 0 Å². The molecule has 1 aliphatic heterocycles. The third-order valence-electron chi connectivity index (χ3n) is 4.79. The lowest BCUT2D eigenvalue weighted by atomic mass is 10.2. The van der Waals surface area contributed by atoms with E-state index in [1.165, 1.54) is 12.8 Å². The SMILES string of the molecule is Cc1noc(C)c1C(=O)Nc1ccc(Nc2cc(N3CCCC3)cnn2)cc1. The molecule has 0 bridgehead atoms. The summed E-state index contributed by atoms with van der Waals surface area (Å²) in [5.41, 5.74) is 3.68. The Labute approximate surface area is 162 Å². The van der Waals surface area contributed by atoms with E-state index in [2.05, 4.69) is 30.9 Å². The van der Waals surface area contributed by atoms with Crippen molar-refractivity contribution in [1.29, 1.82) is 0 Å². The summed E-state index contributed by atoms with van der Waals surface area (Å²) >= 11 is 0. The molecule has 1 aliphatic rings. The quantitative estimate of drug-likeness (QED) is 0.699. The molecule has 0 atom stereocenters. The first kappa shape index (κ1) is 18.0. The molecule has 0 saturated carbocycles. The first-order chi connectivity index (χ1) is 13.6. The normalized spacial score (nSPS) is 13.6. The van der Waals surface area contributed by atoms with E-state index in [0.29, 0.717) is 28.5 Å². The van der Waals surface area contributed by atoms with Crippen LogP contribution in [0.15, 0.2) is 41.1 Å². The zero-order valence-electron chi connectivity index (χ0n) is 15.9. The fourth-order valence-corrected chi connectivity index (χ4v) is 3.35. The van der Waals surface area contributed by atoms with Crippen LogP contribution in [0.25, 0.3) is 0 Å². The Morgan fingerprint density at radius 2 is 1.82 bits per heavy atom. The summed E-state index contributed by atoms with van der Waals surface area (Å²) in [6.07, 6.45) is 4.22. The topological polar surface area (TPSA) is 96.2 Å². The maximum absolute atomic E-state index is 12.4. The Kier molecular flexibility index (Phi) is 4.92. The van der Waals surface area contributed by atoms with Crippen LogP contribution >= 0.6 is 0 Å². The molecule has 3 aromatic rings. The van der Waals surface area contributed by atoms with Crippen molar-refractivity contribution in [3.05, 3.63) is 53.5 Å². The van der Waals surface area contributed by atoms with Crippen LogP contribution in [0.3, 0.4) is 0 Å². The Balaban J connectivity index is 1.42. The summed E-state index contributed by atoms with van der Waals surface area (Å²) in [7, 11) is 0. The summed E-state index contributed by atoms with van der Waals surface area (Å²) in [5, 5.41) is 18.2. The predicted molar refractivity (Wildman–Crippen MR) is 107 cm³/mol. The molecule has 8 heteroatoms. The van der Waals surface area contributed by atoms with Crippen LogP contribution < -0.4 is 15.5 Å². The minimum Gasteiger partial charge on any atom is -0.370 e. The van der Waals surface area contributed by atoms with Crippen molar-refractivity contribution in [1.82, 2.24) is 15.4 Å². The smallest absolute Gasteiger partial charge is 0.261 e. The minimum atomic E-state index is -0.235. The van der Waals surface area contributed by atoms with Gasteiger partial charge in [-0.1, -0.05) is 5.16 Å². The molecule has 1 saturated heterocycles. The molecular formula is C20H22N6O2. The summed E-state index contributed by atoms with van der Waals surface area (Å²) in [6.45, 7) is 5.59. The van der Waals surface area contributed by atoms with Crippen LogP contribution in [0, 0.1) is 13.8 Å². The van der Waals surface area contributed by atoms with Crippen LogP contribution in [0.1, 0.15) is 34.7 Å². The van der Waals surface area contributed by atoms with Crippen LogP contribution in [0.2, 0.25) is 0 Å². The molecule has 2 aromatic heterocycles. The first-order valence-electron chi connectivity index (χ1n) is 9.29. The predicted octanol–water partition coefficient (Wildman–Crippen LogP) is 3.68. The molecule has 28 heavy (non-hydrogen) atoms. The number of hydrogen-bond donors (Lipinski definition) is 2. The van der Waals surface area contributed by atoms with Gasteiger partial charge in [0.1, 0.15) is 11.3 Å². The standard InChI is InChI=1S/C20H22N6O2/c1-13-19(14(2)28-25-13)20(27)23-16-7-5-15(6-8-16)22-18-11-17(12-21-24-18)26-9-3-4-10-26/h5-8,11-12H,3-4,9-10H2,1-2H3,(H,22,24)(H,23,27). The molecule has 0 unspecified atom stereocenters. The van der Waals surface area contributed by atoms with Crippen LogP contribution in [-0.2, 0) is 0 Å². The third-order valence-corrected chi connectivity index (χ3v) is 4.79. The van der Waals surface area contributed by atoms with Crippen molar-refractivity contribution in [2.45, 2.75) is 26.7 Å². The molecular weight excluding hydrogens is 356 g/mol. The number of amides is 1. The van der Waals surface area contributed by atoms with E-state index < -0.39 is 0 Å². The van der Waals surface area contributed by atoms with Crippen molar-refractivity contribution in [3.8, 4) is 0 Å². The molecule has 8 nitrogen and oxygen atoms in total. The molecule has 0 aliphatic carbocycles. The number of rotatable bonds is 5. The summed E-state index contributed by atoms with van der Waals surface area (Å²) in [6, 6.07) is 9.43. The highest BCUT2D eigenvalue weighted by molar-refractivity contribution is 6.05. The molecule has 4 rings (SSSR count). The highest BCUT2D eigenvalue weighted by Crippen LogP contribution is 2.24. The largest absolute Gasteiger partial charge is 0.370 e. The van der Waals surface area contributed by atoms with E-state index in [9.17, 15) is 4.79 Å². The lowest BCUT2D eigenvalue weighted by Gasteiger charge is -2.17. The summed E-state index contributed by atoms with van der Waals surface area (Å²) in [4.78, 5) is 14.7. The van der Waals surface area contributed by atoms with E-state index in [1.54, 1.807) is 20.0 Å². The van der Waals surface area contributed by atoms with E-state index >= 15 is 0 Å². The van der Waals surface area contributed by atoms with Gasteiger partial charge >= 0.3 is 0 Å². The molecule has 3 heterocycles. The van der Waals surface area contributed by atoms with Gasteiger partial charge in [-0.3, -0.25) is 4.79 Å². The van der Waals surface area contributed by atoms with E-state index in [0.717, 1.165) is 24.5 Å². The Hall–Kier alpha value is -3.42. The molecule has 144 valence electrons. The molecule has 1 fully saturated rings. The van der Waals surface area contributed by atoms with Gasteiger partial charge in [0, 0.05) is 30.5 Å². The van der Waals surface area contributed by atoms with Gasteiger partial charge in [0.15, 0.2) is 5.82 Å². The number of aryl methyl sites for hydroxylation is 2. The lowest BCUT2D eigenvalue weighted by molar-refractivity contribution is 0.102. The van der Waals surface area contributed by atoms with Gasteiger partial charge in [0.05, 0.1) is 17.6 Å². The zero-order valence-corrected chi connectivity index (χ0v) is 15.9. The molecule has 1 aromatic carbocycles. The van der Waals surface area contributed by atoms with Gasteiger partial charge in [0.2, 0.25) is 0 Å². The van der Waals surface area contributed by atoms with Crippen molar-refractivity contribution in [2.75, 3.05) is 28.6 Å². The third kappa shape index (κ3) is 3.80. The highest BCUT2D eigenvalue weighted by Gasteiger charge is 2.17. The van der Waals surface area contributed by atoms with Gasteiger partial charge in [-0.25, -0.2) is 0 Å². The number of benzene rings is 1. The van der Waals surface area contributed by atoms with Crippen LogP contribution in [0.5, 0.6) is 0 Å². The average Bonchev–Trinajstić information content (AvgIpc) is 3.34. The van der Waals surface area contributed by atoms with Crippen molar-refractivity contribution >= 4 is 28.8 Å². The second kappa shape index (κ2) is 7.67. The first-order valence-corrected chi connectivity index (χ1v) is 9.29. The van der Waals surface area contributed by atoms with Gasteiger partial charge in [-0.05, 0) is 51.0 Å². The van der Waals surface area contributed by atoms with E-state index in [1.807, 2.05) is 30.3 Å². The van der Waals surface area contributed by atoms with Crippen LogP contribution in [-0.4, -0.2) is 34.4 Å². The maximum atomic E-state index is 12.4.